The Balaban J connectivity index is 1.87. The highest BCUT2D eigenvalue weighted by Gasteiger charge is 2.53. The molecule has 9 heteroatoms. The number of aromatic nitrogens is 2. The van der Waals surface area contributed by atoms with Crippen molar-refractivity contribution in [2.24, 2.45) is 0 Å². The maximum atomic E-state index is 11.7. The Morgan fingerprint density at radius 3 is 3.14 bits per heavy atom. The average molecular weight is 299 g/mol. The monoisotopic (exact) mass is 299 g/mol. The summed E-state index contributed by atoms with van der Waals surface area (Å²) in [6, 6.07) is -0.496. The second-order valence-electron chi connectivity index (χ2n) is 5.12. The molecule has 2 aliphatic rings. The summed E-state index contributed by atoms with van der Waals surface area (Å²) in [5.74, 6) is -2.66. The third-order valence-corrected chi connectivity index (χ3v) is 3.62. The molecule has 1 aromatic rings. The summed E-state index contributed by atoms with van der Waals surface area (Å²) in [6.45, 7) is 2.13. The lowest BCUT2D eigenvalue weighted by atomic mass is 9.99. The third-order valence-electron chi connectivity index (χ3n) is 3.62. The number of fused-ring (bicyclic) bond motifs is 2. The van der Waals surface area contributed by atoms with Gasteiger partial charge in [-0.05, 0) is 6.92 Å². The van der Waals surface area contributed by atoms with Crippen LogP contribution in [0.25, 0.3) is 0 Å². The van der Waals surface area contributed by atoms with E-state index in [1.54, 1.807) is 6.92 Å². The van der Waals surface area contributed by atoms with E-state index in [4.69, 9.17) is 19.9 Å². The quantitative estimate of drug-likeness (QED) is 0.479. The molecule has 0 aromatic carbocycles. The van der Waals surface area contributed by atoms with Crippen LogP contribution < -0.4 is 5.73 Å². The molecule has 0 spiro atoms. The highest BCUT2D eigenvalue weighted by atomic mass is 16.8. The Kier molecular flexibility index (Phi) is 3.36. The van der Waals surface area contributed by atoms with Crippen molar-refractivity contribution in [2.45, 2.75) is 37.6 Å². The zero-order chi connectivity index (χ0) is 15.2. The van der Waals surface area contributed by atoms with Crippen molar-refractivity contribution in [3.8, 4) is 0 Å². The molecule has 0 amide bonds. The maximum Gasteiger partial charge on any atom is 0.343 e. The Morgan fingerprint density at radius 2 is 2.43 bits per heavy atom. The van der Waals surface area contributed by atoms with Crippen molar-refractivity contribution in [1.29, 1.82) is 0 Å². The van der Waals surface area contributed by atoms with Gasteiger partial charge in [-0.15, -0.1) is 0 Å². The van der Waals surface area contributed by atoms with E-state index in [1.165, 1.54) is 10.9 Å². The van der Waals surface area contributed by atoms with E-state index in [1.807, 2.05) is 0 Å². The first kappa shape index (κ1) is 14.3. The normalized spacial score (nSPS) is 30.3. The lowest BCUT2D eigenvalue weighted by molar-refractivity contribution is -0.315. The van der Waals surface area contributed by atoms with E-state index in [9.17, 15) is 15.0 Å². The topological polar surface area (TPSA) is 129 Å². The zero-order valence-corrected chi connectivity index (χ0v) is 11.4. The number of hydrogen-bond donors (Lipinski definition) is 3. The summed E-state index contributed by atoms with van der Waals surface area (Å²) in [5, 5.41) is 23.9. The van der Waals surface area contributed by atoms with Crippen LogP contribution in [-0.2, 0) is 14.2 Å². The average Bonchev–Trinajstić information content (AvgIpc) is 3.00. The molecule has 116 valence electrons. The highest BCUT2D eigenvalue weighted by molar-refractivity contribution is 5.93. The molecule has 0 unspecified atom stereocenters. The standard InChI is InChI=1S/C12H17N3O6/c1-2-19-10(16)6-4-15(14-9(6)13)7-3-12(17,18)11-20-5-8(7)21-11/h4,7-8,11,17-18H,2-3,5H2,1H3,(H2,13,14)/t7-,8-,11-/m1/s1. The fraction of sp³-hybridized carbons (Fsp3) is 0.667. The van der Waals surface area contributed by atoms with Gasteiger partial charge in [-0.3, -0.25) is 4.68 Å². The summed E-state index contributed by atoms with van der Waals surface area (Å²) < 4.78 is 16.9. The van der Waals surface area contributed by atoms with Crippen LogP contribution >= 0.6 is 0 Å². The number of nitrogens with two attached hydrogens (primary N) is 1. The molecule has 21 heavy (non-hydrogen) atoms. The second kappa shape index (κ2) is 4.95. The van der Waals surface area contributed by atoms with Gasteiger partial charge in [0.2, 0.25) is 12.1 Å². The highest BCUT2D eigenvalue weighted by Crippen LogP contribution is 2.39. The Hall–Kier alpha value is -1.68. The van der Waals surface area contributed by atoms with Crippen molar-refractivity contribution in [3.05, 3.63) is 11.8 Å². The second-order valence-corrected chi connectivity index (χ2v) is 5.12. The van der Waals surface area contributed by atoms with Crippen LogP contribution in [0.1, 0.15) is 29.7 Å². The molecule has 2 saturated heterocycles. The van der Waals surface area contributed by atoms with Gasteiger partial charge in [-0.2, -0.15) is 5.10 Å². The van der Waals surface area contributed by atoms with Crippen LogP contribution in [0.4, 0.5) is 5.82 Å². The van der Waals surface area contributed by atoms with E-state index in [2.05, 4.69) is 5.10 Å². The summed E-state index contributed by atoms with van der Waals surface area (Å²) in [4.78, 5) is 11.7. The predicted molar refractivity (Wildman–Crippen MR) is 68.0 cm³/mol. The molecule has 0 aliphatic carbocycles. The predicted octanol–water partition coefficient (Wildman–Crippen LogP) is -0.991. The van der Waals surface area contributed by atoms with Crippen molar-refractivity contribution in [2.75, 3.05) is 18.9 Å². The molecule has 1 aromatic heterocycles. The van der Waals surface area contributed by atoms with Gasteiger partial charge in [0.1, 0.15) is 11.7 Å². The van der Waals surface area contributed by atoms with Crippen LogP contribution in [-0.4, -0.2) is 57.4 Å². The van der Waals surface area contributed by atoms with Gasteiger partial charge in [0, 0.05) is 12.6 Å². The summed E-state index contributed by atoms with van der Waals surface area (Å²) in [5.41, 5.74) is 5.85. The van der Waals surface area contributed by atoms with Crippen molar-refractivity contribution in [1.82, 2.24) is 9.78 Å². The number of hydrogen-bond acceptors (Lipinski definition) is 8. The third kappa shape index (κ3) is 2.38. The molecule has 3 atom stereocenters. The molecule has 2 bridgehead atoms. The molecular weight excluding hydrogens is 282 g/mol. The number of carbonyl (C=O) groups is 1. The number of nitrogen functional groups attached to an aromatic ring is 1. The van der Waals surface area contributed by atoms with Crippen LogP contribution in [0.5, 0.6) is 0 Å². The van der Waals surface area contributed by atoms with E-state index >= 15 is 0 Å². The first-order valence-corrected chi connectivity index (χ1v) is 6.66. The molecule has 2 fully saturated rings. The van der Waals surface area contributed by atoms with E-state index < -0.39 is 24.1 Å². The Morgan fingerprint density at radius 1 is 1.67 bits per heavy atom. The maximum absolute atomic E-state index is 11.7. The lowest BCUT2D eigenvalue weighted by Gasteiger charge is -2.36. The first-order valence-electron chi connectivity index (χ1n) is 6.66. The lowest BCUT2D eigenvalue weighted by Crippen LogP contribution is -2.50. The molecule has 9 nitrogen and oxygen atoms in total. The number of ether oxygens (including phenoxy) is 3. The first-order chi connectivity index (χ1) is 9.92. The number of aliphatic hydroxyl groups is 2. The molecule has 0 radical (unpaired) electrons. The summed E-state index contributed by atoms with van der Waals surface area (Å²) in [6.07, 6.45) is -0.0464. The van der Waals surface area contributed by atoms with E-state index in [-0.39, 0.29) is 37.1 Å². The molecular formula is C12H17N3O6. The van der Waals surface area contributed by atoms with E-state index in [0.717, 1.165) is 0 Å². The molecule has 3 heterocycles. The van der Waals surface area contributed by atoms with Gasteiger partial charge in [0.15, 0.2) is 5.82 Å². The van der Waals surface area contributed by atoms with Gasteiger partial charge < -0.3 is 30.2 Å². The van der Waals surface area contributed by atoms with E-state index in [0.29, 0.717) is 0 Å². The van der Waals surface area contributed by atoms with Gasteiger partial charge in [-0.25, -0.2) is 4.79 Å². The van der Waals surface area contributed by atoms with Crippen molar-refractivity contribution in [3.63, 3.8) is 0 Å². The van der Waals surface area contributed by atoms with Gasteiger partial charge in [-0.1, -0.05) is 0 Å². The molecule has 0 saturated carbocycles. The van der Waals surface area contributed by atoms with Gasteiger partial charge in [0.25, 0.3) is 0 Å². The molecule has 2 aliphatic heterocycles. The fourth-order valence-corrected chi connectivity index (χ4v) is 2.60. The number of rotatable bonds is 3. The van der Waals surface area contributed by atoms with Crippen LogP contribution in [0.2, 0.25) is 0 Å². The minimum Gasteiger partial charge on any atom is -0.462 e. The number of esters is 1. The summed E-state index contributed by atoms with van der Waals surface area (Å²) >= 11 is 0. The smallest absolute Gasteiger partial charge is 0.343 e. The Labute approximate surface area is 120 Å². The van der Waals surface area contributed by atoms with Crippen LogP contribution in [0.3, 0.4) is 0 Å². The van der Waals surface area contributed by atoms with Crippen molar-refractivity contribution < 1.29 is 29.2 Å². The summed E-state index contributed by atoms with van der Waals surface area (Å²) in [7, 11) is 0. The molecule has 3 rings (SSSR count). The fourth-order valence-electron chi connectivity index (χ4n) is 2.60. The zero-order valence-electron chi connectivity index (χ0n) is 11.4. The number of nitrogens with zero attached hydrogens (tertiary/aromatic N) is 2. The number of anilines is 1. The minimum atomic E-state index is -2.11. The van der Waals surface area contributed by atoms with Gasteiger partial charge >= 0.3 is 5.97 Å². The van der Waals surface area contributed by atoms with Crippen LogP contribution in [0, 0.1) is 0 Å². The van der Waals surface area contributed by atoms with Gasteiger partial charge in [0.05, 0.1) is 19.3 Å². The largest absolute Gasteiger partial charge is 0.462 e. The SMILES string of the molecule is CCOC(=O)c1cn([C@@H]2CC(O)(O)[C@@H]3OC[C@H]2O3)nc1N. The molecule has 4 N–H and O–H groups in total. The Bertz CT molecular complexity index is 557. The minimum absolute atomic E-state index is 0.0240. The number of carbonyl (C=O) groups excluding carboxylic acids is 1. The van der Waals surface area contributed by atoms with Crippen molar-refractivity contribution >= 4 is 11.8 Å². The van der Waals surface area contributed by atoms with Crippen LogP contribution in [0.15, 0.2) is 6.20 Å².